The Bertz CT molecular complexity index is 930. The maximum atomic E-state index is 11.9. The van der Waals surface area contributed by atoms with Gasteiger partial charge in [-0.25, -0.2) is 4.98 Å². The highest BCUT2D eigenvalue weighted by atomic mass is 16.2. The lowest BCUT2D eigenvalue weighted by Crippen LogP contribution is -2.10. The Morgan fingerprint density at radius 2 is 2.00 bits per heavy atom. The van der Waals surface area contributed by atoms with Gasteiger partial charge >= 0.3 is 0 Å². The van der Waals surface area contributed by atoms with Gasteiger partial charge in [-0.1, -0.05) is 19.1 Å². The zero-order chi connectivity index (χ0) is 17.8. The minimum absolute atomic E-state index is 0.0125. The molecule has 6 nitrogen and oxygen atoms in total. The van der Waals surface area contributed by atoms with Crippen LogP contribution >= 0.6 is 0 Å². The molecule has 2 amide bonds. The summed E-state index contributed by atoms with van der Waals surface area (Å²) < 4.78 is 0. The van der Waals surface area contributed by atoms with Gasteiger partial charge in [0, 0.05) is 42.4 Å². The first kappa shape index (κ1) is 16.7. The van der Waals surface area contributed by atoms with E-state index in [4.69, 9.17) is 0 Å². The number of amides is 2. The third-order valence-corrected chi connectivity index (χ3v) is 3.80. The van der Waals surface area contributed by atoms with Gasteiger partial charge in [0.25, 0.3) is 0 Å². The lowest BCUT2D eigenvalue weighted by Gasteiger charge is -2.07. The van der Waals surface area contributed by atoms with Crippen molar-refractivity contribution in [3.63, 3.8) is 0 Å². The number of nitrogens with one attached hydrogen (secondary N) is 3. The molecular weight excluding hydrogens is 316 g/mol. The number of H-pyrrole nitrogens is 1. The second-order valence-electron chi connectivity index (χ2n) is 5.88. The molecule has 0 aliphatic carbocycles. The smallest absolute Gasteiger partial charge is 0.224 e. The maximum Gasteiger partial charge on any atom is 0.224 e. The van der Waals surface area contributed by atoms with Crippen molar-refractivity contribution in [3.05, 3.63) is 42.7 Å². The molecule has 0 atom stereocenters. The summed E-state index contributed by atoms with van der Waals surface area (Å²) in [5.41, 5.74) is 4.02. The Balaban J connectivity index is 1.95. The van der Waals surface area contributed by atoms with Crippen LogP contribution in [0.15, 0.2) is 42.7 Å². The molecule has 0 aliphatic heterocycles. The summed E-state index contributed by atoms with van der Waals surface area (Å²) in [5, 5.41) is 6.54. The number of benzene rings is 1. The molecule has 3 aromatic rings. The average molecular weight is 336 g/mol. The fraction of sp³-hybridized carbons (Fsp3) is 0.211. The van der Waals surface area contributed by atoms with Crippen molar-refractivity contribution in [3.8, 4) is 11.1 Å². The standard InChI is InChI=1S/C19H20N4O2/c1-3-5-18(25)23-17-11-21-19-16(17)9-14(10-20-19)13-6-4-7-15(8-13)22-12(2)24/h4,6-11H,3,5H2,1-2H3,(H,20,21)(H,22,24)(H,23,25). The maximum absolute atomic E-state index is 11.9. The highest BCUT2D eigenvalue weighted by Crippen LogP contribution is 2.28. The topological polar surface area (TPSA) is 86.9 Å². The zero-order valence-electron chi connectivity index (χ0n) is 14.2. The third kappa shape index (κ3) is 3.85. The second kappa shape index (κ2) is 7.17. The zero-order valence-corrected chi connectivity index (χ0v) is 14.2. The summed E-state index contributed by atoms with van der Waals surface area (Å²) >= 11 is 0. The van der Waals surface area contributed by atoms with Crippen LogP contribution in [0.5, 0.6) is 0 Å². The van der Waals surface area contributed by atoms with Crippen molar-refractivity contribution in [2.45, 2.75) is 26.7 Å². The highest BCUT2D eigenvalue weighted by molar-refractivity contribution is 6.01. The normalized spacial score (nSPS) is 10.6. The number of rotatable bonds is 5. The van der Waals surface area contributed by atoms with Gasteiger partial charge in [-0.3, -0.25) is 9.59 Å². The molecule has 3 N–H and O–H groups in total. The Labute approximate surface area is 145 Å². The summed E-state index contributed by atoms with van der Waals surface area (Å²) in [7, 11) is 0. The first-order valence-corrected chi connectivity index (χ1v) is 8.22. The van der Waals surface area contributed by atoms with Crippen molar-refractivity contribution >= 4 is 34.2 Å². The van der Waals surface area contributed by atoms with E-state index in [9.17, 15) is 9.59 Å². The number of fused-ring (bicyclic) bond motifs is 1. The van der Waals surface area contributed by atoms with Crippen LogP contribution in [0.1, 0.15) is 26.7 Å². The lowest BCUT2D eigenvalue weighted by molar-refractivity contribution is -0.116. The fourth-order valence-corrected chi connectivity index (χ4v) is 2.68. The van der Waals surface area contributed by atoms with E-state index in [2.05, 4.69) is 20.6 Å². The van der Waals surface area contributed by atoms with E-state index in [0.717, 1.165) is 34.3 Å². The monoisotopic (exact) mass is 336 g/mol. The molecule has 0 radical (unpaired) electrons. The van der Waals surface area contributed by atoms with E-state index in [1.807, 2.05) is 37.3 Å². The average Bonchev–Trinajstić information content (AvgIpc) is 2.97. The predicted molar refractivity (Wildman–Crippen MR) is 99.4 cm³/mol. The van der Waals surface area contributed by atoms with Crippen molar-refractivity contribution in [1.29, 1.82) is 0 Å². The number of aromatic nitrogens is 2. The minimum atomic E-state index is -0.114. The SMILES string of the molecule is CCCC(=O)Nc1c[nH]c2ncc(-c3cccc(NC(C)=O)c3)cc12. The number of aromatic amines is 1. The van der Waals surface area contributed by atoms with Gasteiger partial charge in [-0.2, -0.15) is 0 Å². The Kier molecular flexibility index (Phi) is 4.79. The van der Waals surface area contributed by atoms with E-state index in [0.29, 0.717) is 12.1 Å². The Morgan fingerprint density at radius 1 is 1.16 bits per heavy atom. The molecule has 2 heterocycles. The molecule has 2 aromatic heterocycles. The molecule has 0 aliphatic rings. The van der Waals surface area contributed by atoms with E-state index in [-0.39, 0.29) is 11.8 Å². The van der Waals surface area contributed by atoms with Gasteiger partial charge in [-0.15, -0.1) is 0 Å². The van der Waals surface area contributed by atoms with Gasteiger partial charge < -0.3 is 15.6 Å². The van der Waals surface area contributed by atoms with Gasteiger partial charge in [-0.05, 0) is 30.2 Å². The van der Waals surface area contributed by atoms with Crippen LogP contribution < -0.4 is 10.6 Å². The van der Waals surface area contributed by atoms with Crippen LogP contribution in [0.25, 0.3) is 22.2 Å². The van der Waals surface area contributed by atoms with Gasteiger partial charge in [0.15, 0.2) is 0 Å². The van der Waals surface area contributed by atoms with Gasteiger partial charge in [0.2, 0.25) is 11.8 Å². The van der Waals surface area contributed by atoms with Crippen LogP contribution in [0.3, 0.4) is 0 Å². The first-order chi connectivity index (χ1) is 12.1. The molecule has 3 rings (SSSR count). The number of hydrogen-bond acceptors (Lipinski definition) is 3. The molecule has 0 saturated carbocycles. The number of nitrogens with zero attached hydrogens (tertiary/aromatic N) is 1. The first-order valence-electron chi connectivity index (χ1n) is 8.22. The molecule has 0 saturated heterocycles. The molecule has 0 unspecified atom stereocenters. The molecule has 25 heavy (non-hydrogen) atoms. The van der Waals surface area contributed by atoms with E-state index in [1.54, 1.807) is 12.4 Å². The van der Waals surface area contributed by atoms with Gasteiger partial charge in [0.1, 0.15) is 5.65 Å². The van der Waals surface area contributed by atoms with Crippen LogP contribution in [0, 0.1) is 0 Å². The number of pyridine rings is 1. The third-order valence-electron chi connectivity index (χ3n) is 3.80. The number of anilines is 2. The van der Waals surface area contributed by atoms with Crippen molar-refractivity contribution < 1.29 is 9.59 Å². The number of carbonyl (C=O) groups excluding carboxylic acids is 2. The van der Waals surface area contributed by atoms with Crippen LogP contribution in [0.2, 0.25) is 0 Å². The largest absolute Gasteiger partial charge is 0.344 e. The van der Waals surface area contributed by atoms with Crippen LogP contribution in [-0.4, -0.2) is 21.8 Å². The fourth-order valence-electron chi connectivity index (χ4n) is 2.68. The second-order valence-corrected chi connectivity index (χ2v) is 5.88. The van der Waals surface area contributed by atoms with E-state index >= 15 is 0 Å². The number of hydrogen-bond donors (Lipinski definition) is 3. The van der Waals surface area contributed by atoms with Gasteiger partial charge in [0.05, 0.1) is 5.69 Å². The van der Waals surface area contributed by atoms with Crippen LogP contribution in [-0.2, 0) is 9.59 Å². The summed E-state index contributed by atoms with van der Waals surface area (Å²) in [6.07, 6.45) is 4.80. The summed E-state index contributed by atoms with van der Waals surface area (Å²) in [6, 6.07) is 9.55. The van der Waals surface area contributed by atoms with Crippen LogP contribution in [0.4, 0.5) is 11.4 Å². The number of carbonyl (C=O) groups is 2. The molecule has 0 spiro atoms. The van der Waals surface area contributed by atoms with Crippen molar-refractivity contribution in [1.82, 2.24) is 9.97 Å². The minimum Gasteiger partial charge on any atom is -0.344 e. The van der Waals surface area contributed by atoms with E-state index in [1.165, 1.54) is 6.92 Å². The predicted octanol–water partition coefficient (Wildman–Crippen LogP) is 3.93. The quantitative estimate of drug-likeness (QED) is 0.660. The Hall–Kier alpha value is -3.15. The highest BCUT2D eigenvalue weighted by Gasteiger charge is 2.10. The Morgan fingerprint density at radius 3 is 2.76 bits per heavy atom. The van der Waals surface area contributed by atoms with Crippen molar-refractivity contribution in [2.24, 2.45) is 0 Å². The molecule has 1 aromatic carbocycles. The molecule has 0 bridgehead atoms. The van der Waals surface area contributed by atoms with E-state index < -0.39 is 0 Å². The van der Waals surface area contributed by atoms with Crippen molar-refractivity contribution in [2.75, 3.05) is 10.6 Å². The molecule has 128 valence electrons. The summed E-state index contributed by atoms with van der Waals surface area (Å²) in [5.74, 6) is -0.126. The molecule has 6 heteroatoms. The molecular formula is C19H20N4O2. The summed E-state index contributed by atoms with van der Waals surface area (Å²) in [6.45, 7) is 3.45. The molecule has 0 fully saturated rings. The lowest BCUT2D eigenvalue weighted by atomic mass is 10.1. The summed E-state index contributed by atoms with van der Waals surface area (Å²) in [4.78, 5) is 30.6.